The molecule has 3 nitrogen and oxygen atoms in total. The summed E-state index contributed by atoms with van der Waals surface area (Å²) in [6.45, 7) is 6.62. The van der Waals surface area contributed by atoms with E-state index in [1.807, 2.05) is 20.8 Å². The molecule has 1 saturated heterocycles. The van der Waals surface area contributed by atoms with E-state index in [1.54, 1.807) is 0 Å². The lowest BCUT2D eigenvalue weighted by atomic mass is 9.97. The van der Waals surface area contributed by atoms with Crippen molar-refractivity contribution in [3.05, 3.63) is 0 Å². The normalized spacial score (nSPS) is 29.9. The summed E-state index contributed by atoms with van der Waals surface area (Å²) in [6, 6.07) is 0. The topological polar surface area (TPSA) is 38.3 Å². The maximum absolute atomic E-state index is 11.9. The van der Waals surface area contributed by atoms with Crippen LogP contribution in [0.5, 0.6) is 0 Å². The zero-order chi connectivity index (χ0) is 11.5. The zero-order valence-corrected chi connectivity index (χ0v) is 10.4. The molecule has 0 aromatic carbocycles. The fraction of sp³-hybridized carbons (Fsp3) is 0.909. The van der Waals surface area contributed by atoms with Gasteiger partial charge in [-0.25, -0.2) is 0 Å². The Kier molecular flexibility index (Phi) is 4.41. The lowest BCUT2D eigenvalue weighted by Crippen LogP contribution is -2.50. The molecule has 1 amide bonds. The number of ether oxygens (including phenoxy) is 1. The second-order valence-corrected chi connectivity index (χ2v) is 4.78. The second-order valence-electron chi connectivity index (χ2n) is 4.51. The number of halogens is 1. The van der Waals surface area contributed by atoms with Crippen molar-refractivity contribution in [3.63, 3.8) is 0 Å². The first kappa shape index (κ1) is 12.8. The molecule has 3 atom stereocenters. The second kappa shape index (κ2) is 5.17. The molecular formula is C11H20ClNO2. The van der Waals surface area contributed by atoms with Gasteiger partial charge >= 0.3 is 0 Å². The van der Waals surface area contributed by atoms with Crippen LogP contribution in [0, 0.1) is 5.92 Å². The van der Waals surface area contributed by atoms with E-state index in [-0.39, 0.29) is 23.5 Å². The van der Waals surface area contributed by atoms with Crippen LogP contribution in [0.4, 0.5) is 0 Å². The van der Waals surface area contributed by atoms with Crippen LogP contribution in [0.2, 0.25) is 0 Å². The number of amides is 1. The molecule has 1 aliphatic rings. The Morgan fingerprint density at radius 1 is 1.67 bits per heavy atom. The maximum Gasteiger partial charge on any atom is 0.226 e. The van der Waals surface area contributed by atoms with Gasteiger partial charge in [0, 0.05) is 12.5 Å². The van der Waals surface area contributed by atoms with E-state index in [4.69, 9.17) is 16.3 Å². The lowest BCUT2D eigenvalue weighted by Gasteiger charge is -2.29. The van der Waals surface area contributed by atoms with Crippen LogP contribution < -0.4 is 5.32 Å². The van der Waals surface area contributed by atoms with Gasteiger partial charge in [-0.1, -0.05) is 6.92 Å². The predicted octanol–water partition coefficient (Wildman–Crippen LogP) is 1.94. The molecule has 1 fully saturated rings. The van der Waals surface area contributed by atoms with Crippen LogP contribution >= 0.6 is 11.6 Å². The molecule has 0 aromatic rings. The van der Waals surface area contributed by atoms with Crippen molar-refractivity contribution in [2.75, 3.05) is 12.5 Å². The quantitative estimate of drug-likeness (QED) is 0.754. The minimum atomic E-state index is -0.291. The Bertz CT molecular complexity index is 229. The van der Waals surface area contributed by atoms with Gasteiger partial charge in [0.25, 0.3) is 0 Å². The molecular weight excluding hydrogens is 214 g/mol. The molecule has 1 rings (SSSR count). The van der Waals surface area contributed by atoms with E-state index in [0.717, 1.165) is 12.8 Å². The molecule has 0 saturated carbocycles. The molecule has 0 aromatic heterocycles. The smallest absolute Gasteiger partial charge is 0.226 e. The van der Waals surface area contributed by atoms with Crippen molar-refractivity contribution in [1.29, 1.82) is 0 Å². The molecule has 1 heterocycles. The number of alkyl halides is 1. The molecule has 88 valence electrons. The summed E-state index contributed by atoms with van der Waals surface area (Å²) in [5.41, 5.74) is -0.291. The minimum absolute atomic E-state index is 0.0147. The van der Waals surface area contributed by atoms with Crippen molar-refractivity contribution in [1.82, 2.24) is 5.32 Å². The summed E-state index contributed by atoms with van der Waals surface area (Å²) in [4.78, 5) is 11.9. The fourth-order valence-corrected chi connectivity index (χ4v) is 1.94. The van der Waals surface area contributed by atoms with Crippen molar-refractivity contribution in [2.24, 2.45) is 5.92 Å². The third kappa shape index (κ3) is 3.08. The number of carbonyl (C=O) groups is 1. The van der Waals surface area contributed by atoms with Crippen LogP contribution in [0.1, 0.15) is 33.6 Å². The predicted molar refractivity (Wildman–Crippen MR) is 61.1 cm³/mol. The van der Waals surface area contributed by atoms with Gasteiger partial charge in [-0.3, -0.25) is 4.79 Å². The third-order valence-corrected chi connectivity index (χ3v) is 3.80. The average molecular weight is 234 g/mol. The van der Waals surface area contributed by atoms with Gasteiger partial charge in [0.1, 0.15) is 0 Å². The van der Waals surface area contributed by atoms with Gasteiger partial charge in [-0.15, -0.1) is 11.6 Å². The molecule has 1 aliphatic heterocycles. The Balaban J connectivity index is 2.54. The number of carbonyl (C=O) groups excluding carboxylic acids is 1. The highest BCUT2D eigenvalue weighted by molar-refractivity contribution is 6.18. The van der Waals surface area contributed by atoms with Gasteiger partial charge in [0.15, 0.2) is 0 Å². The zero-order valence-electron chi connectivity index (χ0n) is 9.68. The number of nitrogens with one attached hydrogen (secondary N) is 1. The standard InChI is InChI=1S/C11H20ClNO2/c1-4-11(3,7-12)13-10(14)9-5-6-15-8(9)2/h8-9H,4-7H2,1-3H3,(H,13,14). The molecule has 0 radical (unpaired) electrons. The van der Waals surface area contributed by atoms with E-state index >= 15 is 0 Å². The summed E-state index contributed by atoms with van der Waals surface area (Å²) in [5, 5.41) is 3.01. The lowest BCUT2D eigenvalue weighted by molar-refractivity contribution is -0.128. The van der Waals surface area contributed by atoms with Crippen molar-refractivity contribution < 1.29 is 9.53 Å². The van der Waals surface area contributed by atoms with Gasteiger partial charge in [-0.2, -0.15) is 0 Å². The molecule has 0 aliphatic carbocycles. The first-order valence-electron chi connectivity index (χ1n) is 5.52. The van der Waals surface area contributed by atoms with E-state index < -0.39 is 0 Å². The summed E-state index contributed by atoms with van der Waals surface area (Å²) in [7, 11) is 0. The van der Waals surface area contributed by atoms with Gasteiger partial charge in [0.05, 0.1) is 17.6 Å². The Labute approximate surface area is 96.5 Å². The Morgan fingerprint density at radius 2 is 2.33 bits per heavy atom. The first-order valence-corrected chi connectivity index (χ1v) is 6.05. The van der Waals surface area contributed by atoms with Crippen LogP contribution in [-0.2, 0) is 9.53 Å². The molecule has 15 heavy (non-hydrogen) atoms. The molecule has 3 unspecified atom stereocenters. The number of rotatable bonds is 4. The summed E-state index contributed by atoms with van der Waals surface area (Å²) < 4.78 is 5.37. The van der Waals surface area contributed by atoms with E-state index in [2.05, 4.69) is 5.32 Å². The molecule has 0 bridgehead atoms. The van der Waals surface area contributed by atoms with Crippen LogP contribution in [-0.4, -0.2) is 30.0 Å². The minimum Gasteiger partial charge on any atom is -0.378 e. The highest BCUT2D eigenvalue weighted by Crippen LogP contribution is 2.22. The molecule has 4 heteroatoms. The Morgan fingerprint density at radius 3 is 2.73 bits per heavy atom. The summed E-state index contributed by atoms with van der Waals surface area (Å²) >= 11 is 5.85. The van der Waals surface area contributed by atoms with Crippen molar-refractivity contribution in [3.8, 4) is 0 Å². The van der Waals surface area contributed by atoms with Crippen LogP contribution in [0.15, 0.2) is 0 Å². The first-order chi connectivity index (χ1) is 7.02. The van der Waals surface area contributed by atoms with Crippen LogP contribution in [0.25, 0.3) is 0 Å². The highest BCUT2D eigenvalue weighted by atomic mass is 35.5. The van der Waals surface area contributed by atoms with Crippen molar-refractivity contribution in [2.45, 2.75) is 45.3 Å². The van der Waals surface area contributed by atoms with Gasteiger partial charge in [0.2, 0.25) is 5.91 Å². The fourth-order valence-electron chi connectivity index (χ4n) is 1.68. The number of hydrogen-bond donors (Lipinski definition) is 1. The van der Waals surface area contributed by atoms with Gasteiger partial charge < -0.3 is 10.1 Å². The van der Waals surface area contributed by atoms with E-state index in [9.17, 15) is 4.79 Å². The third-order valence-electron chi connectivity index (χ3n) is 3.21. The van der Waals surface area contributed by atoms with Gasteiger partial charge in [-0.05, 0) is 26.7 Å². The molecule has 1 N–H and O–H groups in total. The van der Waals surface area contributed by atoms with Crippen molar-refractivity contribution >= 4 is 17.5 Å². The number of hydrogen-bond acceptors (Lipinski definition) is 2. The van der Waals surface area contributed by atoms with E-state index in [1.165, 1.54) is 0 Å². The summed E-state index contributed by atoms with van der Waals surface area (Å²) in [6.07, 6.45) is 1.68. The average Bonchev–Trinajstić information content (AvgIpc) is 2.64. The van der Waals surface area contributed by atoms with Crippen LogP contribution in [0.3, 0.4) is 0 Å². The SMILES string of the molecule is CCC(C)(CCl)NC(=O)C1CCOC1C. The summed E-state index contributed by atoms with van der Waals surface area (Å²) in [5.74, 6) is 0.501. The monoisotopic (exact) mass is 233 g/mol. The Hall–Kier alpha value is -0.280. The van der Waals surface area contributed by atoms with E-state index in [0.29, 0.717) is 12.5 Å². The highest BCUT2D eigenvalue weighted by Gasteiger charge is 2.34. The maximum atomic E-state index is 11.9. The molecule has 0 spiro atoms. The largest absolute Gasteiger partial charge is 0.378 e.